The van der Waals surface area contributed by atoms with Gasteiger partial charge in [-0.05, 0) is 48.1 Å². The molecule has 10 nitrogen and oxygen atoms in total. The molecule has 0 aliphatic carbocycles. The van der Waals surface area contributed by atoms with Crippen LogP contribution in [0.3, 0.4) is 0 Å². The van der Waals surface area contributed by atoms with Crippen molar-refractivity contribution in [2.45, 2.75) is 18.9 Å². The number of pyridine rings is 2. The summed E-state index contributed by atoms with van der Waals surface area (Å²) < 4.78 is 1.76. The molecule has 1 aliphatic rings. The second-order valence-electron chi connectivity index (χ2n) is 8.60. The highest BCUT2D eigenvalue weighted by atomic mass is 16.4. The number of nitrogens with zero attached hydrogens (tertiary/aromatic N) is 5. The molecule has 1 saturated heterocycles. The van der Waals surface area contributed by atoms with Crippen molar-refractivity contribution in [1.29, 1.82) is 0 Å². The number of rotatable bonds is 5. The molecule has 0 bridgehead atoms. The van der Waals surface area contributed by atoms with Gasteiger partial charge in [0.15, 0.2) is 0 Å². The van der Waals surface area contributed by atoms with Crippen molar-refractivity contribution in [2.75, 3.05) is 23.3 Å². The maximum atomic E-state index is 13.0. The summed E-state index contributed by atoms with van der Waals surface area (Å²) in [4.78, 5) is 34.7. The Morgan fingerprint density at radius 3 is 2.57 bits per heavy atom. The van der Waals surface area contributed by atoms with E-state index in [1.807, 2.05) is 37.6 Å². The fourth-order valence-electron chi connectivity index (χ4n) is 4.31. The number of hydrogen-bond donors (Lipinski definition) is 3. The maximum Gasteiger partial charge on any atom is 0.404 e. The number of aromatic nitrogens is 4. The molecular weight excluding hydrogens is 446 g/mol. The number of aryl methyl sites for hydroxylation is 1. The first-order valence-corrected chi connectivity index (χ1v) is 11.4. The topological polar surface area (TPSA) is 125 Å². The summed E-state index contributed by atoms with van der Waals surface area (Å²) in [6, 6.07) is 11.3. The van der Waals surface area contributed by atoms with Gasteiger partial charge in [-0.2, -0.15) is 5.10 Å². The van der Waals surface area contributed by atoms with Gasteiger partial charge in [0.05, 0.1) is 6.20 Å². The van der Waals surface area contributed by atoms with Gasteiger partial charge >= 0.3 is 6.09 Å². The molecule has 0 unspecified atom stereocenters. The van der Waals surface area contributed by atoms with Crippen molar-refractivity contribution in [3.63, 3.8) is 0 Å². The van der Waals surface area contributed by atoms with Crippen LogP contribution in [0.15, 0.2) is 61.2 Å². The van der Waals surface area contributed by atoms with Gasteiger partial charge in [0.1, 0.15) is 11.6 Å². The second kappa shape index (κ2) is 9.41. The fraction of sp³-hybridized carbons (Fsp3) is 0.240. The monoisotopic (exact) mass is 471 g/mol. The number of fused-ring (bicyclic) bond motifs is 1. The van der Waals surface area contributed by atoms with E-state index in [1.54, 1.807) is 29.2 Å². The first kappa shape index (κ1) is 22.3. The van der Waals surface area contributed by atoms with Crippen molar-refractivity contribution in [3.05, 3.63) is 66.7 Å². The molecule has 0 radical (unpaired) electrons. The molecule has 1 aliphatic heterocycles. The summed E-state index contributed by atoms with van der Waals surface area (Å²) >= 11 is 0. The predicted octanol–water partition coefficient (Wildman–Crippen LogP) is 3.52. The lowest BCUT2D eigenvalue weighted by Gasteiger charge is -2.32. The zero-order valence-corrected chi connectivity index (χ0v) is 19.2. The Bertz CT molecular complexity index is 1390. The predicted molar refractivity (Wildman–Crippen MR) is 133 cm³/mol. The van der Waals surface area contributed by atoms with Crippen molar-refractivity contribution in [1.82, 2.24) is 25.1 Å². The Balaban J connectivity index is 1.29. The van der Waals surface area contributed by atoms with Crippen LogP contribution in [-0.2, 0) is 7.05 Å². The van der Waals surface area contributed by atoms with Crippen LogP contribution in [0.5, 0.6) is 0 Å². The van der Waals surface area contributed by atoms with Gasteiger partial charge in [0.2, 0.25) is 0 Å². The number of carbonyl (C=O) groups excluding carboxylic acids is 1. The van der Waals surface area contributed by atoms with Crippen LogP contribution in [0, 0.1) is 0 Å². The van der Waals surface area contributed by atoms with E-state index >= 15 is 0 Å². The van der Waals surface area contributed by atoms with E-state index < -0.39 is 6.09 Å². The van der Waals surface area contributed by atoms with Gasteiger partial charge in [0, 0.05) is 61.3 Å². The minimum absolute atomic E-state index is 0.0621. The van der Waals surface area contributed by atoms with Gasteiger partial charge in [-0.15, -0.1) is 0 Å². The molecule has 10 heteroatoms. The summed E-state index contributed by atoms with van der Waals surface area (Å²) in [6.45, 7) is 1.32. The molecule has 5 rings (SSSR count). The van der Waals surface area contributed by atoms with Gasteiger partial charge in [0.25, 0.3) is 5.91 Å². The number of nitrogens with one attached hydrogen (secondary N) is 2. The van der Waals surface area contributed by atoms with Crippen LogP contribution in [0.4, 0.5) is 16.4 Å². The lowest BCUT2D eigenvalue weighted by molar-refractivity contribution is 0.102. The minimum Gasteiger partial charge on any atom is -0.465 e. The maximum absolute atomic E-state index is 13.0. The molecule has 1 fully saturated rings. The summed E-state index contributed by atoms with van der Waals surface area (Å²) in [5.74, 6) is 0.884. The molecule has 0 spiro atoms. The second-order valence-corrected chi connectivity index (χ2v) is 8.60. The van der Waals surface area contributed by atoms with Crippen LogP contribution >= 0.6 is 0 Å². The number of piperidine rings is 1. The zero-order valence-electron chi connectivity index (χ0n) is 19.2. The van der Waals surface area contributed by atoms with Crippen LogP contribution in [-0.4, -0.2) is 56.0 Å². The molecule has 3 N–H and O–H groups in total. The van der Waals surface area contributed by atoms with E-state index in [0.29, 0.717) is 43.1 Å². The standard InChI is InChI=1S/C25H25N7O3/c1-31-15-20(14-28-31)16-2-3-18-13-27-22(11-19(18)10-16)30-24(33)17-4-7-26-23(12-17)32-8-5-21(6-9-32)29-25(34)35/h2-4,7,10-15,21,29H,5-6,8-9H2,1H3,(H,34,35)(H,27,30,33). The Hall–Kier alpha value is -4.47. The van der Waals surface area contributed by atoms with E-state index in [-0.39, 0.29) is 11.9 Å². The smallest absolute Gasteiger partial charge is 0.404 e. The van der Waals surface area contributed by atoms with Crippen molar-refractivity contribution in [3.8, 4) is 11.1 Å². The fourth-order valence-corrected chi connectivity index (χ4v) is 4.31. The number of benzene rings is 1. The average molecular weight is 472 g/mol. The molecular formula is C25H25N7O3. The summed E-state index contributed by atoms with van der Waals surface area (Å²) in [6.07, 6.45) is 7.49. The quantitative estimate of drug-likeness (QED) is 0.407. The molecule has 4 heterocycles. The number of hydrogen-bond acceptors (Lipinski definition) is 6. The average Bonchev–Trinajstić information content (AvgIpc) is 3.30. The van der Waals surface area contributed by atoms with Crippen molar-refractivity contribution >= 4 is 34.4 Å². The highest BCUT2D eigenvalue weighted by Crippen LogP contribution is 2.25. The molecule has 178 valence electrons. The molecule has 3 aromatic heterocycles. The Labute approximate surface area is 201 Å². The summed E-state index contributed by atoms with van der Waals surface area (Å²) in [5.41, 5.74) is 2.53. The zero-order chi connectivity index (χ0) is 24.4. The third kappa shape index (κ3) is 5.06. The van der Waals surface area contributed by atoms with Gasteiger partial charge in [-0.1, -0.05) is 12.1 Å². The van der Waals surface area contributed by atoms with Crippen LogP contribution < -0.4 is 15.5 Å². The van der Waals surface area contributed by atoms with E-state index in [0.717, 1.165) is 21.9 Å². The molecule has 2 amide bonds. The molecule has 4 aromatic rings. The highest BCUT2D eigenvalue weighted by Gasteiger charge is 2.22. The lowest BCUT2D eigenvalue weighted by Crippen LogP contribution is -2.44. The van der Waals surface area contributed by atoms with Crippen LogP contribution in [0.2, 0.25) is 0 Å². The van der Waals surface area contributed by atoms with E-state index in [9.17, 15) is 9.59 Å². The number of carboxylic acid groups (broad SMARTS) is 1. The molecule has 0 atom stereocenters. The SMILES string of the molecule is Cn1cc(-c2ccc3cnc(NC(=O)c4ccnc(N5CCC(NC(=O)O)CC5)c4)cc3c2)cn1. The Morgan fingerprint density at radius 1 is 1.00 bits per heavy atom. The number of amides is 2. The van der Waals surface area contributed by atoms with Crippen molar-refractivity contribution < 1.29 is 14.7 Å². The lowest BCUT2D eigenvalue weighted by atomic mass is 10.0. The summed E-state index contributed by atoms with van der Waals surface area (Å²) in [5, 5.41) is 20.5. The molecule has 1 aromatic carbocycles. The van der Waals surface area contributed by atoms with Crippen LogP contribution in [0.25, 0.3) is 21.9 Å². The van der Waals surface area contributed by atoms with Crippen LogP contribution in [0.1, 0.15) is 23.2 Å². The molecule has 0 saturated carbocycles. The van der Waals surface area contributed by atoms with Gasteiger partial charge < -0.3 is 20.6 Å². The van der Waals surface area contributed by atoms with Crippen molar-refractivity contribution in [2.24, 2.45) is 7.05 Å². The Morgan fingerprint density at radius 2 is 1.83 bits per heavy atom. The first-order chi connectivity index (χ1) is 16.9. The largest absolute Gasteiger partial charge is 0.465 e. The van der Waals surface area contributed by atoms with Gasteiger partial charge in [-0.25, -0.2) is 14.8 Å². The summed E-state index contributed by atoms with van der Waals surface area (Å²) in [7, 11) is 1.88. The first-order valence-electron chi connectivity index (χ1n) is 11.4. The minimum atomic E-state index is -1.00. The third-order valence-electron chi connectivity index (χ3n) is 6.16. The van der Waals surface area contributed by atoms with E-state index in [2.05, 4.69) is 36.7 Å². The highest BCUT2D eigenvalue weighted by molar-refractivity contribution is 6.05. The normalized spacial score (nSPS) is 14.1. The number of anilines is 2. The third-order valence-corrected chi connectivity index (χ3v) is 6.16. The number of carbonyl (C=O) groups is 2. The Kier molecular flexibility index (Phi) is 6.01. The van der Waals surface area contributed by atoms with E-state index in [1.165, 1.54) is 0 Å². The van der Waals surface area contributed by atoms with Gasteiger partial charge in [-0.3, -0.25) is 9.48 Å². The van der Waals surface area contributed by atoms with E-state index in [4.69, 9.17) is 5.11 Å². The molecule has 35 heavy (non-hydrogen) atoms.